The van der Waals surface area contributed by atoms with Crippen LogP contribution in [0.5, 0.6) is 5.75 Å². The van der Waals surface area contributed by atoms with Gasteiger partial charge in [-0.05, 0) is 74.6 Å². The van der Waals surface area contributed by atoms with Crippen LogP contribution in [0.4, 0.5) is 0 Å². The van der Waals surface area contributed by atoms with Crippen LogP contribution in [-0.2, 0) is 24.1 Å². The summed E-state index contributed by atoms with van der Waals surface area (Å²) in [6.07, 6.45) is 3.53. The van der Waals surface area contributed by atoms with Gasteiger partial charge in [0.2, 0.25) is 0 Å². The average Bonchev–Trinajstić information content (AvgIpc) is 3.17. The summed E-state index contributed by atoms with van der Waals surface area (Å²) >= 11 is 0. The van der Waals surface area contributed by atoms with E-state index in [0.717, 1.165) is 24.8 Å². The summed E-state index contributed by atoms with van der Waals surface area (Å²) in [7, 11) is 0. The maximum atomic E-state index is 10.7. The van der Waals surface area contributed by atoms with Gasteiger partial charge in [-0.15, -0.1) is 0 Å². The van der Waals surface area contributed by atoms with E-state index >= 15 is 0 Å². The first kappa shape index (κ1) is 24.8. The molecule has 0 saturated heterocycles. The van der Waals surface area contributed by atoms with Gasteiger partial charge in [-0.1, -0.05) is 36.4 Å². The van der Waals surface area contributed by atoms with Gasteiger partial charge >= 0.3 is 5.97 Å². The molecule has 1 aliphatic carbocycles. The van der Waals surface area contributed by atoms with Gasteiger partial charge in [-0.25, -0.2) is 0 Å². The summed E-state index contributed by atoms with van der Waals surface area (Å²) in [5.74, 6) is 0.171. The van der Waals surface area contributed by atoms with Crippen LogP contribution in [0.15, 0.2) is 42.5 Å². The van der Waals surface area contributed by atoms with Gasteiger partial charge in [0.05, 0.1) is 5.56 Å². The van der Waals surface area contributed by atoms with Crippen LogP contribution >= 0.6 is 0 Å². The summed E-state index contributed by atoms with van der Waals surface area (Å²) in [5, 5.41) is 32.3. The number of nitrogens with zero attached hydrogens (tertiary/aromatic N) is 1. The third-order valence-corrected chi connectivity index (χ3v) is 6.24. The molecule has 2 aromatic carbocycles. The molecule has 0 aliphatic heterocycles. The van der Waals surface area contributed by atoms with Gasteiger partial charge in [0.25, 0.3) is 0 Å². The number of ether oxygens (including phenoxy) is 1. The van der Waals surface area contributed by atoms with Gasteiger partial charge < -0.3 is 20.3 Å². The van der Waals surface area contributed by atoms with E-state index in [1.807, 2.05) is 6.07 Å². The second kappa shape index (κ2) is 11.3. The molecule has 1 aliphatic rings. The van der Waals surface area contributed by atoms with E-state index in [-0.39, 0.29) is 18.6 Å². The second-order valence-corrected chi connectivity index (χ2v) is 9.63. The second-order valence-electron chi connectivity index (χ2n) is 9.63. The molecule has 176 valence electrons. The Bertz CT molecular complexity index is 971. The third kappa shape index (κ3) is 7.31. The number of aliphatic carboxylic acids is 1. The largest absolute Gasteiger partial charge is 0.489 e. The Morgan fingerprint density at radius 2 is 1.91 bits per heavy atom. The maximum absolute atomic E-state index is 10.7. The van der Waals surface area contributed by atoms with Gasteiger partial charge in [0, 0.05) is 18.5 Å². The maximum Gasteiger partial charge on any atom is 0.303 e. The van der Waals surface area contributed by atoms with Crippen LogP contribution in [0.25, 0.3) is 0 Å². The monoisotopic (exact) mass is 450 g/mol. The molecule has 0 fully saturated rings. The van der Waals surface area contributed by atoms with E-state index in [0.29, 0.717) is 36.6 Å². The lowest BCUT2D eigenvalue weighted by molar-refractivity contribution is -0.137. The minimum Gasteiger partial charge on any atom is -0.489 e. The number of carboxylic acids is 1. The average molecular weight is 451 g/mol. The van der Waals surface area contributed by atoms with Crippen molar-refractivity contribution in [2.24, 2.45) is 5.92 Å². The topological polar surface area (TPSA) is 103 Å². The molecule has 0 spiro atoms. The van der Waals surface area contributed by atoms with Crippen LogP contribution in [0.2, 0.25) is 0 Å². The highest BCUT2D eigenvalue weighted by molar-refractivity contribution is 5.66. The first-order chi connectivity index (χ1) is 15.8. The molecule has 0 saturated carbocycles. The summed E-state index contributed by atoms with van der Waals surface area (Å²) in [4.78, 5) is 10.7. The molecule has 0 aromatic heterocycles. The Morgan fingerprint density at radius 3 is 2.55 bits per heavy atom. The van der Waals surface area contributed by atoms with Crippen LogP contribution in [0, 0.1) is 17.2 Å². The fourth-order valence-corrected chi connectivity index (χ4v) is 4.69. The highest BCUT2D eigenvalue weighted by atomic mass is 16.5. The number of benzene rings is 2. The fraction of sp³-hybridized carbons (Fsp3) is 0.481. The lowest BCUT2D eigenvalue weighted by Gasteiger charge is -2.30. The van der Waals surface area contributed by atoms with E-state index in [2.05, 4.69) is 49.5 Å². The first-order valence-corrected chi connectivity index (χ1v) is 11.6. The van der Waals surface area contributed by atoms with E-state index in [4.69, 9.17) is 9.84 Å². The van der Waals surface area contributed by atoms with Gasteiger partial charge in [-0.2, -0.15) is 5.26 Å². The van der Waals surface area contributed by atoms with Crippen molar-refractivity contribution in [1.82, 2.24) is 5.32 Å². The minimum atomic E-state index is -0.850. The summed E-state index contributed by atoms with van der Waals surface area (Å²) in [5.41, 5.74) is 3.96. The molecule has 0 amide bonds. The Kier molecular flexibility index (Phi) is 8.49. The quantitative estimate of drug-likeness (QED) is 0.454. The molecular formula is C27H34N2O4. The molecular weight excluding hydrogens is 416 g/mol. The highest BCUT2D eigenvalue weighted by Crippen LogP contribution is 2.32. The molecule has 3 N–H and O–H groups in total. The third-order valence-electron chi connectivity index (χ3n) is 6.24. The Balaban J connectivity index is 1.46. The van der Waals surface area contributed by atoms with Crippen molar-refractivity contribution in [2.45, 2.75) is 64.0 Å². The van der Waals surface area contributed by atoms with Gasteiger partial charge in [0.1, 0.15) is 24.5 Å². The minimum absolute atomic E-state index is 0.0586. The number of β-amino-alcohol motifs (C(OH)–C–C–N with tert-alkyl or cyclic N) is 1. The van der Waals surface area contributed by atoms with Crippen molar-refractivity contribution in [3.05, 3.63) is 64.7 Å². The van der Waals surface area contributed by atoms with Crippen molar-refractivity contribution in [2.75, 3.05) is 13.2 Å². The number of carbonyl (C=O) groups is 1. The van der Waals surface area contributed by atoms with Gasteiger partial charge in [0.15, 0.2) is 0 Å². The number of fused-ring (bicyclic) bond motifs is 1. The summed E-state index contributed by atoms with van der Waals surface area (Å²) in [6, 6.07) is 16.1. The van der Waals surface area contributed by atoms with Crippen molar-refractivity contribution < 1.29 is 19.7 Å². The normalized spacial score (nSPS) is 14.5. The first-order valence-electron chi connectivity index (χ1n) is 11.6. The number of hydrogen-bond donors (Lipinski definition) is 3. The summed E-state index contributed by atoms with van der Waals surface area (Å²) in [6.45, 7) is 4.80. The van der Waals surface area contributed by atoms with E-state index in [1.165, 1.54) is 11.1 Å². The number of aryl methyl sites for hydroxylation is 1. The number of aliphatic hydroxyl groups is 1. The SMILES string of the molecule is CC(C)(CC1Cc2ccccc2C1)NCC(O)COc1cccc(CCCC(=O)O)c1C#N. The predicted octanol–water partition coefficient (Wildman–Crippen LogP) is 3.88. The molecule has 0 bridgehead atoms. The molecule has 1 unspecified atom stereocenters. The van der Waals surface area contributed by atoms with Crippen molar-refractivity contribution in [3.63, 3.8) is 0 Å². The number of nitrogens with one attached hydrogen (secondary N) is 1. The Labute approximate surface area is 196 Å². The molecule has 6 heteroatoms. The lowest BCUT2D eigenvalue weighted by Crippen LogP contribution is -2.46. The number of carboxylic acid groups (broad SMARTS) is 1. The zero-order chi connectivity index (χ0) is 23.8. The van der Waals surface area contributed by atoms with Crippen LogP contribution in [-0.4, -0.2) is 41.0 Å². The summed E-state index contributed by atoms with van der Waals surface area (Å²) < 4.78 is 5.77. The number of rotatable bonds is 12. The molecule has 33 heavy (non-hydrogen) atoms. The van der Waals surface area contributed by atoms with Crippen LogP contribution in [0.1, 0.15) is 55.4 Å². The van der Waals surface area contributed by atoms with Crippen molar-refractivity contribution in [1.29, 1.82) is 5.26 Å². The molecule has 6 nitrogen and oxygen atoms in total. The van der Waals surface area contributed by atoms with Crippen molar-refractivity contribution in [3.8, 4) is 11.8 Å². The standard InChI is InChI=1S/C27H34N2O4/c1-27(2,15-19-13-21-7-3-4-8-22(21)14-19)29-17-23(30)18-33-25-11-5-9-20(24(25)16-28)10-6-12-26(31)32/h3-5,7-9,11,19,23,29-30H,6,10,12-15,17-18H2,1-2H3,(H,31,32). The predicted molar refractivity (Wildman–Crippen MR) is 127 cm³/mol. The van der Waals surface area contributed by atoms with E-state index < -0.39 is 12.1 Å². The van der Waals surface area contributed by atoms with Crippen molar-refractivity contribution >= 4 is 5.97 Å². The molecule has 0 heterocycles. The Morgan fingerprint density at radius 1 is 1.21 bits per heavy atom. The van der Waals surface area contributed by atoms with Crippen LogP contribution < -0.4 is 10.1 Å². The highest BCUT2D eigenvalue weighted by Gasteiger charge is 2.28. The molecule has 3 rings (SSSR count). The van der Waals surface area contributed by atoms with E-state index in [9.17, 15) is 15.2 Å². The van der Waals surface area contributed by atoms with E-state index in [1.54, 1.807) is 12.1 Å². The van der Waals surface area contributed by atoms with Gasteiger partial charge in [-0.3, -0.25) is 4.79 Å². The fourth-order valence-electron chi connectivity index (χ4n) is 4.69. The zero-order valence-corrected chi connectivity index (χ0v) is 19.5. The molecule has 1 atom stereocenters. The Hall–Kier alpha value is -2.88. The lowest BCUT2D eigenvalue weighted by atomic mass is 9.88. The number of aliphatic hydroxyl groups excluding tert-OH is 1. The number of hydrogen-bond acceptors (Lipinski definition) is 5. The molecule has 0 radical (unpaired) electrons. The number of nitriles is 1. The van der Waals surface area contributed by atoms with Crippen LogP contribution in [0.3, 0.4) is 0 Å². The molecule has 2 aromatic rings. The zero-order valence-electron chi connectivity index (χ0n) is 19.5. The smallest absolute Gasteiger partial charge is 0.303 e.